The van der Waals surface area contributed by atoms with Crippen LogP contribution in [-0.4, -0.2) is 33.4 Å². The van der Waals surface area contributed by atoms with Crippen LogP contribution in [0.4, 0.5) is 0 Å². The van der Waals surface area contributed by atoms with Crippen molar-refractivity contribution < 1.29 is 9.90 Å². The van der Waals surface area contributed by atoms with Gasteiger partial charge in [0, 0.05) is 23.3 Å². The van der Waals surface area contributed by atoms with Crippen LogP contribution in [0.15, 0.2) is 35.1 Å². The van der Waals surface area contributed by atoms with Crippen LogP contribution in [0.25, 0.3) is 5.69 Å². The van der Waals surface area contributed by atoms with E-state index in [0.29, 0.717) is 22.8 Å². The summed E-state index contributed by atoms with van der Waals surface area (Å²) in [4.78, 5) is 24.3. The lowest BCUT2D eigenvalue weighted by Gasteiger charge is -2.13. The molecule has 0 radical (unpaired) electrons. The summed E-state index contributed by atoms with van der Waals surface area (Å²) in [5, 5.41) is 16.9. The second-order valence-corrected chi connectivity index (χ2v) is 5.98. The fraction of sp³-hybridized carbons (Fsp3) is 0.353. The maximum Gasteiger partial charge on any atom is 0.275 e. The van der Waals surface area contributed by atoms with Crippen molar-refractivity contribution in [2.45, 2.75) is 32.8 Å². The normalized spacial score (nSPS) is 12.0. The van der Waals surface area contributed by atoms with Crippen molar-refractivity contribution in [3.8, 4) is 5.69 Å². The van der Waals surface area contributed by atoms with Crippen molar-refractivity contribution in [2.75, 3.05) is 6.54 Å². The molecule has 0 aliphatic carbocycles. The molecule has 0 spiro atoms. The number of benzene rings is 1. The Kier molecular flexibility index (Phi) is 6.11. The number of halogens is 1. The highest BCUT2D eigenvalue weighted by atomic mass is 35.5. The molecule has 0 saturated carbocycles. The SMILES string of the molecule is CCCC(O)CNC(=O)c1nn(-c2cccc(Cl)c2)c(C)cc1=O. The van der Waals surface area contributed by atoms with Crippen molar-refractivity contribution in [3.63, 3.8) is 0 Å². The van der Waals surface area contributed by atoms with Crippen molar-refractivity contribution in [2.24, 2.45) is 0 Å². The third-order valence-corrected chi connectivity index (χ3v) is 3.73. The van der Waals surface area contributed by atoms with Gasteiger partial charge in [0.1, 0.15) is 0 Å². The van der Waals surface area contributed by atoms with Crippen molar-refractivity contribution in [1.29, 1.82) is 0 Å². The Morgan fingerprint density at radius 1 is 1.42 bits per heavy atom. The monoisotopic (exact) mass is 349 g/mol. The number of nitrogens with zero attached hydrogens (tertiary/aromatic N) is 2. The molecular formula is C17H20ClN3O3. The molecule has 0 aliphatic rings. The zero-order valence-electron chi connectivity index (χ0n) is 13.6. The Balaban J connectivity index is 2.29. The van der Waals surface area contributed by atoms with Crippen LogP contribution in [0.5, 0.6) is 0 Å². The Bertz CT molecular complexity index is 789. The standard InChI is InChI=1S/C17H20ClN3O3/c1-3-5-14(22)10-19-17(24)16-15(23)8-11(2)21(20-16)13-7-4-6-12(18)9-13/h4,6-9,14,22H,3,5,10H2,1-2H3,(H,19,24). The van der Waals surface area contributed by atoms with Gasteiger partial charge in [-0.1, -0.05) is 31.0 Å². The van der Waals surface area contributed by atoms with Crippen molar-refractivity contribution >= 4 is 17.5 Å². The molecule has 128 valence electrons. The van der Waals surface area contributed by atoms with Gasteiger partial charge in [0.25, 0.3) is 5.91 Å². The Labute approximate surface area is 145 Å². The number of carbonyl (C=O) groups excluding carboxylic acids is 1. The van der Waals surface area contributed by atoms with Gasteiger partial charge >= 0.3 is 0 Å². The van der Waals surface area contributed by atoms with Gasteiger partial charge in [-0.2, -0.15) is 5.10 Å². The summed E-state index contributed by atoms with van der Waals surface area (Å²) >= 11 is 5.99. The summed E-state index contributed by atoms with van der Waals surface area (Å²) in [6.45, 7) is 3.75. The lowest BCUT2D eigenvalue weighted by Crippen LogP contribution is -2.36. The van der Waals surface area contributed by atoms with Crippen LogP contribution in [0.1, 0.15) is 35.9 Å². The number of aliphatic hydroxyl groups excluding tert-OH is 1. The van der Waals surface area contributed by atoms with Crippen molar-refractivity contribution in [3.05, 3.63) is 57.0 Å². The molecule has 1 atom stereocenters. The third kappa shape index (κ3) is 4.43. The predicted molar refractivity (Wildman–Crippen MR) is 92.8 cm³/mol. The van der Waals surface area contributed by atoms with E-state index in [2.05, 4.69) is 10.4 Å². The van der Waals surface area contributed by atoms with Gasteiger partial charge in [-0.25, -0.2) is 4.68 Å². The number of hydrogen-bond acceptors (Lipinski definition) is 4. The van der Waals surface area contributed by atoms with E-state index >= 15 is 0 Å². The zero-order valence-corrected chi connectivity index (χ0v) is 14.4. The van der Waals surface area contributed by atoms with Gasteiger partial charge in [0.15, 0.2) is 5.69 Å². The van der Waals surface area contributed by atoms with E-state index < -0.39 is 17.4 Å². The van der Waals surface area contributed by atoms with Gasteiger partial charge in [-0.3, -0.25) is 9.59 Å². The number of hydrogen-bond donors (Lipinski definition) is 2. The number of aryl methyl sites for hydroxylation is 1. The molecule has 1 amide bonds. The number of aliphatic hydroxyl groups is 1. The van der Waals surface area contributed by atoms with E-state index in [1.165, 1.54) is 10.7 Å². The van der Waals surface area contributed by atoms with E-state index in [0.717, 1.165) is 6.42 Å². The van der Waals surface area contributed by atoms with Gasteiger partial charge in [0.2, 0.25) is 5.43 Å². The average molecular weight is 350 g/mol. The summed E-state index contributed by atoms with van der Waals surface area (Å²) < 4.78 is 1.49. The average Bonchev–Trinajstić information content (AvgIpc) is 2.53. The molecule has 0 saturated heterocycles. The van der Waals surface area contributed by atoms with E-state index in [1.807, 2.05) is 6.92 Å². The molecule has 2 N–H and O–H groups in total. The second kappa shape index (κ2) is 8.08. The van der Waals surface area contributed by atoms with E-state index in [1.54, 1.807) is 31.2 Å². The molecule has 0 aliphatic heterocycles. The van der Waals surface area contributed by atoms with Crippen LogP contribution in [0.2, 0.25) is 5.02 Å². The first kappa shape index (κ1) is 18.2. The molecule has 1 aromatic heterocycles. The summed E-state index contributed by atoms with van der Waals surface area (Å²) in [6.07, 6.45) is 0.745. The quantitative estimate of drug-likeness (QED) is 0.836. The molecule has 1 unspecified atom stereocenters. The Morgan fingerprint density at radius 3 is 2.83 bits per heavy atom. The van der Waals surface area contributed by atoms with Gasteiger partial charge < -0.3 is 10.4 Å². The van der Waals surface area contributed by atoms with Crippen LogP contribution < -0.4 is 10.7 Å². The fourth-order valence-corrected chi connectivity index (χ4v) is 2.49. The highest BCUT2D eigenvalue weighted by Gasteiger charge is 2.16. The van der Waals surface area contributed by atoms with Crippen LogP contribution in [0, 0.1) is 6.92 Å². The fourth-order valence-electron chi connectivity index (χ4n) is 2.30. The number of amides is 1. The van der Waals surface area contributed by atoms with Crippen LogP contribution >= 0.6 is 11.6 Å². The Hall–Kier alpha value is -2.18. The molecule has 2 rings (SSSR count). The molecular weight excluding hydrogens is 330 g/mol. The molecule has 1 heterocycles. The van der Waals surface area contributed by atoms with Gasteiger partial charge in [-0.05, 0) is 31.5 Å². The maximum atomic E-state index is 12.2. The minimum atomic E-state index is -0.639. The topological polar surface area (TPSA) is 84.2 Å². The highest BCUT2D eigenvalue weighted by Crippen LogP contribution is 2.15. The molecule has 1 aromatic carbocycles. The van der Waals surface area contributed by atoms with E-state index in [9.17, 15) is 14.7 Å². The summed E-state index contributed by atoms with van der Waals surface area (Å²) in [5.41, 5.74) is 0.558. The number of nitrogens with one attached hydrogen (secondary N) is 1. The second-order valence-electron chi connectivity index (χ2n) is 5.54. The molecule has 0 fully saturated rings. The van der Waals surface area contributed by atoms with Crippen LogP contribution in [-0.2, 0) is 0 Å². The zero-order chi connectivity index (χ0) is 17.7. The molecule has 6 nitrogen and oxygen atoms in total. The van der Waals surface area contributed by atoms with Crippen LogP contribution in [0.3, 0.4) is 0 Å². The summed E-state index contributed by atoms with van der Waals surface area (Å²) in [6, 6.07) is 8.32. The summed E-state index contributed by atoms with van der Waals surface area (Å²) in [5.74, 6) is -0.606. The molecule has 2 aromatic rings. The smallest absolute Gasteiger partial charge is 0.275 e. The lowest BCUT2D eigenvalue weighted by molar-refractivity contribution is 0.0902. The first-order valence-corrected chi connectivity index (χ1v) is 8.13. The number of aromatic nitrogens is 2. The first-order valence-electron chi connectivity index (χ1n) is 7.75. The first-order chi connectivity index (χ1) is 11.4. The largest absolute Gasteiger partial charge is 0.391 e. The number of carbonyl (C=O) groups is 1. The van der Waals surface area contributed by atoms with Gasteiger partial charge in [0.05, 0.1) is 11.8 Å². The summed E-state index contributed by atoms with van der Waals surface area (Å²) in [7, 11) is 0. The maximum absolute atomic E-state index is 12.2. The molecule has 7 heteroatoms. The minimum Gasteiger partial charge on any atom is -0.391 e. The predicted octanol–water partition coefficient (Wildman–Crippen LogP) is 2.09. The highest BCUT2D eigenvalue weighted by molar-refractivity contribution is 6.30. The van der Waals surface area contributed by atoms with E-state index in [-0.39, 0.29) is 12.2 Å². The molecule has 24 heavy (non-hydrogen) atoms. The lowest BCUT2D eigenvalue weighted by atomic mass is 10.2. The van der Waals surface area contributed by atoms with Crippen molar-refractivity contribution in [1.82, 2.24) is 15.1 Å². The minimum absolute atomic E-state index is 0.0822. The van der Waals surface area contributed by atoms with E-state index in [4.69, 9.17) is 11.6 Å². The van der Waals surface area contributed by atoms with Gasteiger partial charge in [-0.15, -0.1) is 0 Å². The molecule has 0 bridgehead atoms. The third-order valence-electron chi connectivity index (χ3n) is 3.50. The number of rotatable bonds is 6. The Morgan fingerprint density at radius 2 is 2.17 bits per heavy atom.